The van der Waals surface area contributed by atoms with E-state index >= 15 is 0 Å². The van der Waals surface area contributed by atoms with Crippen LogP contribution in [-0.2, 0) is 17.1 Å². The third-order valence-corrected chi connectivity index (χ3v) is 4.50. The summed E-state index contributed by atoms with van der Waals surface area (Å²) < 4.78 is 24.8. The molecule has 1 aromatic carbocycles. The molecule has 0 fully saturated rings. The van der Waals surface area contributed by atoms with Gasteiger partial charge in [0.05, 0.1) is 22.3 Å². The quantitative estimate of drug-likeness (QED) is 0.848. The fourth-order valence-electron chi connectivity index (χ4n) is 1.80. The molecule has 0 unspecified atom stereocenters. The Bertz CT molecular complexity index is 814. The highest BCUT2D eigenvalue weighted by Gasteiger charge is 2.16. The van der Waals surface area contributed by atoms with Crippen LogP contribution in [0.15, 0.2) is 33.9 Å². The number of amides is 1. The lowest BCUT2D eigenvalue weighted by Gasteiger charge is -2.10. The smallest absolute Gasteiger partial charge is 0.258 e. The molecule has 3 N–H and O–H groups in total. The van der Waals surface area contributed by atoms with Crippen molar-refractivity contribution in [3.63, 3.8) is 0 Å². The molecule has 112 valence electrons. The van der Waals surface area contributed by atoms with Crippen molar-refractivity contribution in [1.29, 1.82) is 0 Å². The Hall–Kier alpha value is -1.71. The predicted molar refractivity (Wildman–Crippen MR) is 81.4 cm³/mol. The number of hydrogen-bond acceptors (Lipinski definition) is 4. The number of carbonyl (C=O) groups is 1. The zero-order valence-electron chi connectivity index (χ0n) is 11.3. The summed E-state index contributed by atoms with van der Waals surface area (Å²) in [5.41, 5.74) is 1.30. The van der Waals surface area contributed by atoms with E-state index in [0.29, 0.717) is 21.3 Å². The minimum absolute atomic E-state index is 0.00810. The first kappa shape index (κ1) is 15.7. The standard InChI is InChI=1S/C12H13BrN4O3S/c1-7-3-10(9(13)4-11(7)21(14,19)20)16-12(18)8-5-15-17(2)6-8/h3-6H,1-2H3,(H,16,18)(H2,14,19,20). The number of benzene rings is 1. The number of primary sulfonamides is 1. The number of rotatable bonds is 3. The number of anilines is 1. The molecule has 0 saturated heterocycles. The number of nitrogens with one attached hydrogen (secondary N) is 1. The van der Waals surface area contributed by atoms with Gasteiger partial charge in [0.2, 0.25) is 10.0 Å². The second-order valence-corrected chi connectivity index (χ2v) is 6.88. The summed E-state index contributed by atoms with van der Waals surface area (Å²) in [6, 6.07) is 2.90. The van der Waals surface area contributed by atoms with Crippen LogP contribution in [0, 0.1) is 6.92 Å². The van der Waals surface area contributed by atoms with Crippen LogP contribution in [0.4, 0.5) is 5.69 Å². The van der Waals surface area contributed by atoms with E-state index in [1.165, 1.54) is 23.0 Å². The molecule has 0 aliphatic heterocycles. The first-order valence-corrected chi connectivity index (χ1v) is 8.15. The van der Waals surface area contributed by atoms with Gasteiger partial charge in [0.25, 0.3) is 5.91 Å². The van der Waals surface area contributed by atoms with Gasteiger partial charge in [-0.25, -0.2) is 13.6 Å². The molecule has 0 spiro atoms. The van der Waals surface area contributed by atoms with Crippen LogP contribution < -0.4 is 10.5 Å². The van der Waals surface area contributed by atoms with Gasteiger partial charge in [0.15, 0.2) is 0 Å². The second kappa shape index (κ2) is 5.58. The van der Waals surface area contributed by atoms with Gasteiger partial charge < -0.3 is 5.32 Å². The lowest BCUT2D eigenvalue weighted by molar-refractivity contribution is 0.102. The third kappa shape index (κ3) is 3.49. The summed E-state index contributed by atoms with van der Waals surface area (Å²) in [6.45, 7) is 1.60. The number of halogens is 1. The minimum atomic E-state index is -3.81. The first-order chi connectivity index (χ1) is 9.68. The van der Waals surface area contributed by atoms with E-state index in [0.717, 1.165) is 0 Å². The minimum Gasteiger partial charge on any atom is -0.321 e. The highest BCUT2D eigenvalue weighted by atomic mass is 79.9. The molecule has 7 nitrogen and oxygen atoms in total. The average molecular weight is 373 g/mol. The van der Waals surface area contributed by atoms with Crippen molar-refractivity contribution < 1.29 is 13.2 Å². The van der Waals surface area contributed by atoms with Gasteiger partial charge in [-0.2, -0.15) is 5.10 Å². The molecule has 21 heavy (non-hydrogen) atoms. The fraction of sp³-hybridized carbons (Fsp3) is 0.167. The highest BCUT2D eigenvalue weighted by molar-refractivity contribution is 9.10. The first-order valence-electron chi connectivity index (χ1n) is 5.81. The molecular weight excluding hydrogens is 360 g/mol. The van der Waals surface area contributed by atoms with Gasteiger partial charge in [-0.3, -0.25) is 9.48 Å². The fourth-order valence-corrected chi connectivity index (χ4v) is 3.18. The largest absolute Gasteiger partial charge is 0.321 e. The Kier molecular flexibility index (Phi) is 4.17. The number of carbonyl (C=O) groups excluding carboxylic acids is 1. The third-order valence-electron chi connectivity index (χ3n) is 2.79. The maximum atomic E-state index is 12.0. The van der Waals surface area contributed by atoms with Crippen molar-refractivity contribution in [3.05, 3.63) is 40.1 Å². The van der Waals surface area contributed by atoms with E-state index in [-0.39, 0.29) is 10.8 Å². The SMILES string of the molecule is Cc1cc(NC(=O)c2cnn(C)c2)c(Br)cc1S(N)(=O)=O. The van der Waals surface area contributed by atoms with E-state index in [9.17, 15) is 13.2 Å². The zero-order valence-corrected chi connectivity index (χ0v) is 13.7. The van der Waals surface area contributed by atoms with Crippen LogP contribution in [0.25, 0.3) is 0 Å². The molecule has 0 saturated carbocycles. The van der Waals surface area contributed by atoms with E-state index < -0.39 is 10.0 Å². The highest BCUT2D eigenvalue weighted by Crippen LogP contribution is 2.28. The van der Waals surface area contributed by atoms with Crippen molar-refractivity contribution in [3.8, 4) is 0 Å². The van der Waals surface area contributed by atoms with E-state index in [1.54, 1.807) is 20.2 Å². The van der Waals surface area contributed by atoms with Crippen molar-refractivity contribution in [2.24, 2.45) is 12.2 Å². The van der Waals surface area contributed by atoms with E-state index in [4.69, 9.17) is 5.14 Å². The van der Waals surface area contributed by atoms with Gasteiger partial charge in [-0.15, -0.1) is 0 Å². The molecule has 1 aromatic heterocycles. The molecule has 1 heterocycles. The van der Waals surface area contributed by atoms with E-state index in [2.05, 4.69) is 26.3 Å². The molecule has 9 heteroatoms. The van der Waals surface area contributed by atoms with Gasteiger partial charge in [-0.05, 0) is 40.5 Å². The monoisotopic (exact) mass is 372 g/mol. The van der Waals surface area contributed by atoms with Crippen LogP contribution in [0.1, 0.15) is 15.9 Å². The maximum absolute atomic E-state index is 12.0. The lowest BCUT2D eigenvalue weighted by atomic mass is 10.2. The van der Waals surface area contributed by atoms with Gasteiger partial charge >= 0.3 is 0 Å². The molecule has 2 aromatic rings. The Morgan fingerprint density at radius 3 is 2.62 bits per heavy atom. The number of aryl methyl sites for hydroxylation is 2. The number of aromatic nitrogens is 2. The Morgan fingerprint density at radius 1 is 1.43 bits per heavy atom. The molecule has 0 bridgehead atoms. The van der Waals surface area contributed by atoms with Gasteiger partial charge in [-0.1, -0.05) is 0 Å². The molecule has 1 amide bonds. The van der Waals surface area contributed by atoms with Crippen LogP contribution in [0.2, 0.25) is 0 Å². The number of nitrogens with two attached hydrogens (primary N) is 1. The lowest BCUT2D eigenvalue weighted by Crippen LogP contribution is -2.15. The Morgan fingerprint density at radius 2 is 2.10 bits per heavy atom. The second-order valence-electron chi connectivity index (χ2n) is 4.50. The normalized spacial score (nSPS) is 11.4. The van der Waals surface area contributed by atoms with Crippen LogP contribution >= 0.6 is 15.9 Å². The van der Waals surface area contributed by atoms with Crippen LogP contribution in [-0.4, -0.2) is 24.1 Å². The maximum Gasteiger partial charge on any atom is 0.258 e. The van der Waals surface area contributed by atoms with Crippen molar-refractivity contribution in [2.75, 3.05) is 5.32 Å². The van der Waals surface area contributed by atoms with Crippen LogP contribution in [0.5, 0.6) is 0 Å². The van der Waals surface area contributed by atoms with Crippen molar-refractivity contribution in [1.82, 2.24) is 9.78 Å². The van der Waals surface area contributed by atoms with Crippen LogP contribution in [0.3, 0.4) is 0 Å². The summed E-state index contributed by atoms with van der Waals surface area (Å²) in [6.07, 6.45) is 3.02. The Balaban J connectivity index is 2.34. The van der Waals surface area contributed by atoms with Crippen molar-refractivity contribution >= 4 is 37.5 Å². The molecule has 0 radical (unpaired) electrons. The topological polar surface area (TPSA) is 107 Å². The summed E-state index contributed by atoms with van der Waals surface area (Å²) in [5, 5.41) is 11.7. The summed E-state index contributed by atoms with van der Waals surface area (Å²) >= 11 is 3.22. The summed E-state index contributed by atoms with van der Waals surface area (Å²) in [7, 11) is -2.10. The average Bonchev–Trinajstić information content (AvgIpc) is 2.78. The van der Waals surface area contributed by atoms with Gasteiger partial charge in [0.1, 0.15) is 0 Å². The zero-order chi connectivity index (χ0) is 15.8. The summed E-state index contributed by atoms with van der Waals surface area (Å²) in [4.78, 5) is 12.1. The molecular formula is C12H13BrN4O3S. The molecule has 0 aliphatic rings. The molecule has 0 aliphatic carbocycles. The van der Waals surface area contributed by atoms with Crippen molar-refractivity contribution in [2.45, 2.75) is 11.8 Å². The number of sulfonamides is 1. The predicted octanol–water partition coefficient (Wildman–Crippen LogP) is 1.39. The number of hydrogen-bond donors (Lipinski definition) is 2. The molecule has 2 rings (SSSR count). The Labute approximate surface area is 130 Å². The van der Waals surface area contributed by atoms with Gasteiger partial charge in [0, 0.05) is 17.7 Å². The number of nitrogens with zero attached hydrogens (tertiary/aromatic N) is 2. The summed E-state index contributed by atoms with van der Waals surface area (Å²) in [5.74, 6) is -0.341. The molecule has 0 atom stereocenters. The van der Waals surface area contributed by atoms with E-state index in [1.807, 2.05) is 0 Å².